The van der Waals surface area contributed by atoms with E-state index in [4.69, 9.17) is 9.47 Å². The first-order chi connectivity index (χ1) is 12.1. The molecule has 2 aromatic rings. The van der Waals surface area contributed by atoms with E-state index in [2.05, 4.69) is 10.6 Å². The van der Waals surface area contributed by atoms with Gasteiger partial charge in [-0.3, -0.25) is 9.59 Å². The lowest BCUT2D eigenvalue weighted by Gasteiger charge is -2.10. The van der Waals surface area contributed by atoms with Gasteiger partial charge in [-0.05, 0) is 48.4 Å². The Morgan fingerprint density at radius 3 is 2.72 bits per heavy atom. The summed E-state index contributed by atoms with van der Waals surface area (Å²) in [4.78, 5) is 24.0. The molecule has 0 unspecified atom stereocenters. The standard InChI is InChI=1S/C19H18N2O4/c1-12-14(19(23)20-2)4-3-5-15(12)21-18(22)9-7-13-6-8-16-17(10-13)25-11-24-16/h3-10H,11H2,1-2H3,(H,20,23)(H,21,22)/b9-7+. The molecule has 1 aliphatic heterocycles. The van der Waals surface area contributed by atoms with E-state index in [9.17, 15) is 9.59 Å². The summed E-state index contributed by atoms with van der Waals surface area (Å²) in [6, 6.07) is 10.7. The Hall–Kier alpha value is -3.28. The van der Waals surface area contributed by atoms with Gasteiger partial charge in [-0.2, -0.15) is 0 Å². The largest absolute Gasteiger partial charge is 0.454 e. The summed E-state index contributed by atoms with van der Waals surface area (Å²) in [6.45, 7) is 2.01. The number of nitrogens with one attached hydrogen (secondary N) is 2. The smallest absolute Gasteiger partial charge is 0.251 e. The van der Waals surface area contributed by atoms with Crippen molar-refractivity contribution >= 4 is 23.6 Å². The van der Waals surface area contributed by atoms with Gasteiger partial charge in [0.25, 0.3) is 5.91 Å². The van der Waals surface area contributed by atoms with E-state index in [0.29, 0.717) is 28.3 Å². The quantitative estimate of drug-likeness (QED) is 0.841. The van der Waals surface area contributed by atoms with Gasteiger partial charge in [0.15, 0.2) is 11.5 Å². The molecule has 0 bridgehead atoms. The Balaban J connectivity index is 1.71. The second-order valence-electron chi connectivity index (χ2n) is 5.49. The lowest BCUT2D eigenvalue weighted by molar-refractivity contribution is -0.111. The zero-order chi connectivity index (χ0) is 17.8. The van der Waals surface area contributed by atoms with E-state index in [1.54, 1.807) is 44.3 Å². The summed E-state index contributed by atoms with van der Waals surface area (Å²) < 4.78 is 10.6. The highest BCUT2D eigenvalue weighted by Crippen LogP contribution is 2.32. The number of hydrogen-bond acceptors (Lipinski definition) is 4. The second kappa shape index (κ2) is 7.09. The lowest BCUT2D eigenvalue weighted by Crippen LogP contribution is -2.20. The normalized spacial score (nSPS) is 12.2. The number of amides is 2. The van der Waals surface area contributed by atoms with Gasteiger partial charge in [-0.15, -0.1) is 0 Å². The van der Waals surface area contributed by atoms with Gasteiger partial charge in [0.05, 0.1) is 0 Å². The molecule has 0 atom stereocenters. The van der Waals surface area contributed by atoms with Gasteiger partial charge in [-0.25, -0.2) is 0 Å². The molecule has 0 fully saturated rings. The predicted molar refractivity (Wildman–Crippen MR) is 94.8 cm³/mol. The molecule has 0 saturated heterocycles. The van der Waals surface area contributed by atoms with Crippen molar-refractivity contribution in [3.8, 4) is 11.5 Å². The summed E-state index contributed by atoms with van der Waals surface area (Å²) in [5, 5.41) is 5.37. The zero-order valence-corrected chi connectivity index (χ0v) is 14.0. The molecule has 1 aliphatic rings. The molecule has 6 heteroatoms. The predicted octanol–water partition coefficient (Wildman–Crippen LogP) is 2.74. The van der Waals surface area contributed by atoms with Crippen LogP contribution in [0.25, 0.3) is 6.08 Å². The van der Waals surface area contributed by atoms with E-state index in [1.165, 1.54) is 6.08 Å². The van der Waals surface area contributed by atoms with Gasteiger partial charge in [0, 0.05) is 24.4 Å². The van der Waals surface area contributed by atoms with Crippen molar-refractivity contribution in [3.63, 3.8) is 0 Å². The van der Waals surface area contributed by atoms with Crippen molar-refractivity contribution in [2.75, 3.05) is 19.2 Å². The van der Waals surface area contributed by atoms with Crippen LogP contribution in [-0.2, 0) is 4.79 Å². The minimum atomic E-state index is -0.283. The monoisotopic (exact) mass is 338 g/mol. The molecule has 25 heavy (non-hydrogen) atoms. The van der Waals surface area contributed by atoms with Gasteiger partial charge in [-0.1, -0.05) is 12.1 Å². The van der Waals surface area contributed by atoms with Crippen LogP contribution < -0.4 is 20.1 Å². The third-order valence-electron chi connectivity index (χ3n) is 3.89. The topological polar surface area (TPSA) is 76.7 Å². The second-order valence-corrected chi connectivity index (χ2v) is 5.49. The molecule has 0 spiro atoms. The van der Waals surface area contributed by atoms with E-state index in [0.717, 1.165) is 5.56 Å². The fourth-order valence-corrected chi connectivity index (χ4v) is 2.51. The first-order valence-corrected chi connectivity index (χ1v) is 7.79. The summed E-state index contributed by atoms with van der Waals surface area (Å²) in [5.74, 6) is 0.888. The van der Waals surface area contributed by atoms with Gasteiger partial charge in [0.1, 0.15) is 0 Å². The molecule has 2 N–H and O–H groups in total. The third-order valence-corrected chi connectivity index (χ3v) is 3.89. The van der Waals surface area contributed by atoms with Crippen molar-refractivity contribution in [3.05, 3.63) is 59.2 Å². The number of fused-ring (bicyclic) bond motifs is 1. The minimum Gasteiger partial charge on any atom is -0.454 e. The Kier molecular flexibility index (Phi) is 4.70. The summed E-state index contributed by atoms with van der Waals surface area (Å²) in [7, 11) is 1.57. The molecule has 6 nitrogen and oxygen atoms in total. The van der Waals surface area contributed by atoms with E-state index < -0.39 is 0 Å². The maximum Gasteiger partial charge on any atom is 0.251 e. The van der Waals surface area contributed by atoms with Crippen molar-refractivity contribution < 1.29 is 19.1 Å². The number of carbonyl (C=O) groups excluding carboxylic acids is 2. The molecule has 2 amide bonds. The molecule has 128 valence electrons. The number of benzene rings is 2. The molecule has 0 aliphatic carbocycles. The lowest BCUT2D eigenvalue weighted by atomic mass is 10.1. The van der Waals surface area contributed by atoms with Gasteiger partial charge < -0.3 is 20.1 Å². The maximum atomic E-state index is 12.2. The zero-order valence-electron chi connectivity index (χ0n) is 14.0. The molecule has 3 rings (SSSR count). The van der Waals surface area contributed by atoms with Gasteiger partial charge in [0.2, 0.25) is 12.7 Å². The van der Waals surface area contributed by atoms with Crippen molar-refractivity contribution in [2.45, 2.75) is 6.92 Å². The first kappa shape index (κ1) is 16.6. The first-order valence-electron chi connectivity index (χ1n) is 7.79. The average Bonchev–Trinajstić information content (AvgIpc) is 3.09. The summed E-state index contributed by atoms with van der Waals surface area (Å²) in [6.07, 6.45) is 3.12. The molecule has 2 aromatic carbocycles. The Labute approximate surface area is 145 Å². The minimum absolute atomic E-state index is 0.190. The number of hydrogen-bond donors (Lipinski definition) is 2. The van der Waals surface area contributed by atoms with E-state index in [1.807, 2.05) is 12.1 Å². The van der Waals surface area contributed by atoms with E-state index >= 15 is 0 Å². The molecule has 0 saturated carbocycles. The maximum absolute atomic E-state index is 12.2. The van der Waals surface area contributed by atoms with E-state index in [-0.39, 0.29) is 18.6 Å². The van der Waals surface area contributed by atoms with Crippen LogP contribution in [0.3, 0.4) is 0 Å². The fourth-order valence-electron chi connectivity index (χ4n) is 2.51. The third kappa shape index (κ3) is 3.63. The van der Waals surface area contributed by atoms with Crippen LogP contribution in [-0.4, -0.2) is 25.7 Å². The fraction of sp³-hybridized carbons (Fsp3) is 0.158. The highest BCUT2D eigenvalue weighted by molar-refractivity contribution is 6.04. The Morgan fingerprint density at radius 1 is 1.12 bits per heavy atom. The highest BCUT2D eigenvalue weighted by Gasteiger charge is 2.13. The van der Waals surface area contributed by atoms with Crippen molar-refractivity contribution in [1.82, 2.24) is 5.32 Å². The molecule has 0 aromatic heterocycles. The Morgan fingerprint density at radius 2 is 1.92 bits per heavy atom. The van der Waals surface area contributed by atoms with Crippen LogP contribution in [0.4, 0.5) is 5.69 Å². The summed E-state index contributed by atoms with van der Waals surface area (Å²) >= 11 is 0. The van der Waals surface area contributed by atoms with Crippen LogP contribution in [0, 0.1) is 6.92 Å². The number of ether oxygens (including phenoxy) is 2. The van der Waals surface area contributed by atoms with Crippen LogP contribution >= 0.6 is 0 Å². The average molecular weight is 338 g/mol. The van der Waals surface area contributed by atoms with Crippen molar-refractivity contribution in [1.29, 1.82) is 0 Å². The number of anilines is 1. The van der Waals surface area contributed by atoms with Crippen LogP contribution in [0.2, 0.25) is 0 Å². The molecule has 0 radical (unpaired) electrons. The van der Waals surface area contributed by atoms with Crippen molar-refractivity contribution in [2.24, 2.45) is 0 Å². The molecular weight excluding hydrogens is 320 g/mol. The summed E-state index contributed by atoms with van der Waals surface area (Å²) in [5.41, 5.74) is 2.67. The SMILES string of the molecule is CNC(=O)c1cccc(NC(=O)/C=C/c2ccc3c(c2)OCO3)c1C. The van der Waals surface area contributed by atoms with Crippen LogP contribution in [0.15, 0.2) is 42.5 Å². The number of rotatable bonds is 4. The number of carbonyl (C=O) groups is 2. The van der Waals surface area contributed by atoms with Crippen LogP contribution in [0.1, 0.15) is 21.5 Å². The van der Waals surface area contributed by atoms with Gasteiger partial charge >= 0.3 is 0 Å². The van der Waals surface area contributed by atoms with Crippen LogP contribution in [0.5, 0.6) is 11.5 Å². The molecule has 1 heterocycles. The highest BCUT2D eigenvalue weighted by atomic mass is 16.7. The Bertz CT molecular complexity index is 858. The molecular formula is C19H18N2O4.